The number of carbonyl (C=O) groups excluding carboxylic acids is 2. The van der Waals surface area contributed by atoms with Gasteiger partial charge in [0, 0.05) is 12.7 Å². The van der Waals surface area contributed by atoms with Crippen LogP contribution in [0.3, 0.4) is 0 Å². The van der Waals surface area contributed by atoms with Gasteiger partial charge in [0.1, 0.15) is 12.3 Å². The van der Waals surface area contributed by atoms with Gasteiger partial charge in [-0.15, -0.1) is 0 Å². The van der Waals surface area contributed by atoms with Crippen molar-refractivity contribution in [3.05, 3.63) is 46.8 Å². The van der Waals surface area contributed by atoms with Crippen LogP contribution in [0.4, 0.5) is 0 Å². The first-order valence-electron chi connectivity index (χ1n) is 8.89. The number of aryl methyl sites for hydroxylation is 1. The minimum absolute atomic E-state index is 0.209. The Labute approximate surface area is 158 Å². The summed E-state index contributed by atoms with van der Waals surface area (Å²) in [6, 6.07) is 7.46. The number of hydrogen-bond donors (Lipinski definition) is 1. The van der Waals surface area contributed by atoms with Crippen molar-refractivity contribution in [1.82, 2.24) is 9.88 Å². The molecule has 0 fully saturated rings. The summed E-state index contributed by atoms with van der Waals surface area (Å²) < 4.78 is 16.5. The lowest BCUT2D eigenvalue weighted by Gasteiger charge is -2.29. The van der Waals surface area contributed by atoms with E-state index in [0.29, 0.717) is 53.6 Å². The van der Waals surface area contributed by atoms with Gasteiger partial charge >= 0.3 is 5.97 Å². The van der Waals surface area contributed by atoms with Crippen LogP contribution in [0.15, 0.2) is 24.3 Å². The molecule has 0 bridgehead atoms. The molecule has 1 aliphatic rings. The van der Waals surface area contributed by atoms with Crippen LogP contribution in [0.1, 0.15) is 39.0 Å². The molecule has 1 amide bonds. The number of benzene rings is 1. The highest BCUT2D eigenvalue weighted by atomic mass is 16.6. The number of carbonyl (C=O) groups is 2. The van der Waals surface area contributed by atoms with Gasteiger partial charge in [-0.1, -0.05) is 19.1 Å². The maximum atomic E-state index is 12.9. The van der Waals surface area contributed by atoms with E-state index in [1.165, 1.54) is 7.11 Å². The molecule has 0 spiro atoms. The summed E-state index contributed by atoms with van der Waals surface area (Å²) in [5, 5.41) is 0. The van der Waals surface area contributed by atoms with Gasteiger partial charge in [-0.2, -0.15) is 0 Å². The second kappa shape index (κ2) is 7.73. The molecule has 1 aliphatic heterocycles. The van der Waals surface area contributed by atoms with Crippen molar-refractivity contribution in [2.24, 2.45) is 0 Å². The predicted molar refractivity (Wildman–Crippen MR) is 99.6 cm³/mol. The van der Waals surface area contributed by atoms with E-state index in [1.54, 1.807) is 18.9 Å². The molecule has 1 atom stereocenters. The number of ether oxygens (including phenoxy) is 3. The minimum atomic E-state index is -0.442. The fourth-order valence-electron chi connectivity index (χ4n) is 3.25. The van der Waals surface area contributed by atoms with E-state index in [0.717, 1.165) is 0 Å². The topological polar surface area (TPSA) is 80.9 Å². The van der Waals surface area contributed by atoms with Gasteiger partial charge in [-0.25, -0.2) is 4.79 Å². The fourth-order valence-corrected chi connectivity index (χ4v) is 3.25. The van der Waals surface area contributed by atoms with Crippen LogP contribution < -0.4 is 9.47 Å². The zero-order valence-corrected chi connectivity index (χ0v) is 16.0. The van der Waals surface area contributed by atoms with Crippen molar-refractivity contribution < 1.29 is 23.8 Å². The smallest absolute Gasteiger partial charge is 0.339 e. The molecule has 2 heterocycles. The molecule has 0 radical (unpaired) electrons. The second-order valence-electron chi connectivity index (χ2n) is 6.51. The summed E-state index contributed by atoms with van der Waals surface area (Å²) in [6.07, 6.45) is 0.327. The lowest BCUT2D eigenvalue weighted by molar-refractivity contribution is 0.0517. The van der Waals surface area contributed by atoms with Gasteiger partial charge in [-0.05, 0) is 31.0 Å². The lowest BCUT2D eigenvalue weighted by atomic mass is 10.1. The van der Waals surface area contributed by atoms with Gasteiger partial charge in [0.15, 0.2) is 17.6 Å². The molecule has 2 aromatic rings. The van der Waals surface area contributed by atoms with Gasteiger partial charge < -0.3 is 24.1 Å². The molecule has 0 aliphatic carbocycles. The quantitative estimate of drug-likeness (QED) is 0.816. The molecular weight excluding hydrogens is 348 g/mol. The fraction of sp³-hybridized carbons (Fsp3) is 0.400. The first-order chi connectivity index (χ1) is 13.0. The van der Waals surface area contributed by atoms with Crippen LogP contribution in [-0.2, 0) is 11.2 Å². The Balaban J connectivity index is 1.75. The van der Waals surface area contributed by atoms with Crippen LogP contribution in [-0.4, -0.2) is 55.2 Å². The van der Waals surface area contributed by atoms with E-state index in [9.17, 15) is 9.59 Å². The number of amides is 1. The van der Waals surface area contributed by atoms with Crippen molar-refractivity contribution in [1.29, 1.82) is 0 Å². The van der Waals surface area contributed by atoms with Gasteiger partial charge in [0.25, 0.3) is 5.91 Å². The molecule has 1 aromatic carbocycles. The monoisotopic (exact) mass is 372 g/mol. The number of nitrogens with zero attached hydrogens (tertiary/aromatic N) is 1. The van der Waals surface area contributed by atoms with E-state index < -0.39 is 5.97 Å². The summed E-state index contributed by atoms with van der Waals surface area (Å²) in [4.78, 5) is 29.6. The lowest BCUT2D eigenvalue weighted by Crippen LogP contribution is -2.42. The standard InChI is InChI=1S/C20H24N2O5/c1-5-14-17(20(24)25-4)12(2)18(21-14)19(23)22(3)10-13-11-26-15-8-6-7-9-16(15)27-13/h6-9,13,21H,5,10-11H2,1-4H3/t13-/m0/s1. The van der Waals surface area contributed by atoms with Crippen LogP contribution in [0.2, 0.25) is 0 Å². The number of aromatic amines is 1. The Morgan fingerprint density at radius 2 is 2.00 bits per heavy atom. The molecule has 1 aromatic heterocycles. The summed E-state index contributed by atoms with van der Waals surface area (Å²) in [5.74, 6) is 0.730. The molecule has 27 heavy (non-hydrogen) atoms. The Hall–Kier alpha value is -2.96. The SMILES string of the molecule is CCc1[nH]c(C(=O)N(C)C[C@H]2COc3ccccc3O2)c(C)c1C(=O)OC. The summed E-state index contributed by atoms with van der Waals surface area (Å²) in [5.41, 5.74) is 2.12. The van der Waals surface area contributed by atoms with E-state index in [4.69, 9.17) is 14.2 Å². The zero-order chi connectivity index (χ0) is 19.6. The molecule has 7 heteroatoms. The van der Waals surface area contributed by atoms with Crippen molar-refractivity contribution in [2.45, 2.75) is 26.4 Å². The Bertz CT molecular complexity index is 858. The first-order valence-corrected chi connectivity index (χ1v) is 8.89. The van der Waals surface area contributed by atoms with Crippen LogP contribution in [0.5, 0.6) is 11.5 Å². The number of fused-ring (bicyclic) bond motifs is 1. The van der Waals surface area contributed by atoms with Crippen molar-refractivity contribution in [3.63, 3.8) is 0 Å². The highest BCUT2D eigenvalue weighted by Gasteiger charge is 2.28. The number of para-hydroxylation sites is 2. The molecule has 0 saturated heterocycles. The largest absolute Gasteiger partial charge is 0.486 e. The molecule has 3 rings (SSSR count). The molecule has 0 unspecified atom stereocenters. The number of likely N-dealkylation sites (N-methyl/N-ethyl adjacent to an activating group) is 1. The summed E-state index contributed by atoms with van der Waals surface area (Å²) in [7, 11) is 3.04. The average molecular weight is 372 g/mol. The highest BCUT2D eigenvalue weighted by molar-refractivity contribution is 6.00. The maximum absolute atomic E-state index is 12.9. The molecule has 144 valence electrons. The molecular formula is C20H24N2O5. The Morgan fingerprint density at radius 1 is 1.30 bits per heavy atom. The van der Waals surface area contributed by atoms with Gasteiger partial charge in [0.2, 0.25) is 0 Å². The summed E-state index contributed by atoms with van der Waals surface area (Å²) >= 11 is 0. The number of methoxy groups -OCH3 is 1. The normalized spacial score (nSPS) is 15.3. The third-order valence-electron chi connectivity index (χ3n) is 4.68. The van der Waals surface area contributed by atoms with Crippen LogP contribution >= 0.6 is 0 Å². The van der Waals surface area contributed by atoms with Crippen molar-refractivity contribution >= 4 is 11.9 Å². The Morgan fingerprint density at radius 3 is 2.67 bits per heavy atom. The molecule has 0 saturated carbocycles. The van der Waals surface area contributed by atoms with Gasteiger partial charge in [0.05, 0.1) is 19.2 Å². The highest BCUT2D eigenvalue weighted by Crippen LogP contribution is 2.31. The zero-order valence-electron chi connectivity index (χ0n) is 16.0. The van der Waals surface area contributed by atoms with E-state index in [2.05, 4.69) is 4.98 Å². The number of rotatable bonds is 5. The Kier molecular flexibility index (Phi) is 5.39. The number of esters is 1. The van der Waals surface area contributed by atoms with E-state index in [-0.39, 0.29) is 12.0 Å². The van der Waals surface area contributed by atoms with Gasteiger partial charge in [-0.3, -0.25) is 4.79 Å². The summed E-state index contributed by atoms with van der Waals surface area (Å²) in [6.45, 7) is 4.40. The van der Waals surface area contributed by atoms with E-state index >= 15 is 0 Å². The van der Waals surface area contributed by atoms with E-state index in [1.807, 2.05) is 31.2 Å². The second-order valence-corrected chi connectivity index (χ2v) is 6.51. The number of aromatic nitrogens is 1. The number of H-pyrrole nitrogens is 1. The minimum Gasteiger partial charge on any atom is -0.486 e. The van der Waals surface area contributed by atoms with Crippen LogP contribution in [0, 0.1) is 6.92 Å². The molecule has 7 nitrogen and oxygen atoms in total. The third-order valence-corrected chi connectivity index (χ3v) is 4.68. The average Bonchev–Trinajstić information content (AvgIpc) is 3.02. The number of hydrogen-bond acceptors (Lipinski definition) is 5. The number of nitrogens with one attached hydrogen (secondary N) is 1. The van der Waals surface area contributed by atoms with Crippen molar-refractivity contribution in [3.8, 4) is 11.5 Å². The third kappa shape index (κ3) is 3.63. The van der Waals surface area contributed by atoms with Crippen LogP contribution in [0.25, 0.3) is 0 Å². The maximum Gasteiger partial charge on any atom is 0.339 e. The molecule has 1 N–H and O–H groups in total. The van der Waals surface area contributed by atoms with Crippen molar-refractivity contribution in [2.75, 3.05) is 27.3 Å². The first kappa shape index (κ1) is 18.8. The predicted octanol–water partition coefficient (Wildman–Crippen LogP) is 2.58.